The van der Waals surface area contributed by atoms with Gasteiger partial charge in [0.15, 0.2) is 0 Å². The summed E-state index contributed by atoms with van der Waals surface area (Å²) in [4.78, 5) is 30.2. The van der Waals surface area contributed by atoms with E-state index in [9.17, 15) is 9.59 Å². The van der Waals surface area contributed by atoms with Gasteiger partial charge in [0.1, 0.15) is 11.0 Å². The molecule has 3 aromatic carbocycles. The molecule has 0 aliphatic rings. The van der Waals surface area contributed by atoms with Gasteiger partial charge in [0.2, 0.25) is 11.8 Å². The minimum atomic E-state index is -0.605. The number of nitrogens with one attached hydrogen (secondary N) is 2. The number of aromatic nitrogens is 1. The summed E-state index contributed by atoms with van der Waals surface area (Å²) in [6, 6.07) is 23.4. The van der Waals surface area contributed by atoms with Crippen LogP contribution in [0.15, 0.2) is 78.2 Å². The number of nitrogens with zero attached hydrogens (tertiary/aromatic N) is 1. The third-order valence-corrected chi connectivity index (χ3v) is 6.33. The van der Waals surface area contributed by atoms with Gasteiger partial charge in [-0.25, -0.2) is 4.98 Å². The molecule has 4 aromatic rings. The highest BCUT2D eigenvalue weighted by molar-refractivity contribution is 7.09. The lowest BCUT2D eigenvalue weighted by Crippen LogP contribution is -2.49. The zero-order valence-corrected chi connectivity index (χ0v) is 19.6. The highest BCUT2D eigenvalue weighted by Crippen LogP contribution is 2.21. The molecule has 5 nitrogen and oxygen atoms in total. The van der Waals surface area contributed by atoms with Crippen molar-refractivity contribution >= 4 is 33.9 Å². The predicted molar refractivity (Wildman–Crippen MR) is 134 cm³/mol. The van der Waals surface area contributed by atoms with E-state index in [4.69, 9.17) is 0 Å². The van der Waals surface area contributed by atoms with Crippen molar-refractivity contribution in [2.45, 2.75) is 32.9 Å². The maximum atomic E-state index is 12.8. The summed E-state index contributed by atoms with van der Waals surface area (Å²) in [5, 5.41) is 10.9. The van der Waals surface area contributed by atoms with E-state index in [0.717, 1.165) is 32.6 Å². The molecule has 0 saturated heterocycles. The van der Waals surface area contributed by atoms with Crippen LogP contribution in [0, 0.1) is 5.92 Å². The first-order valence-electron chi connectivity index (χ1n) is 11.0. The number of hydrogen-bond donors (Lipinski definition) is 2. The van der Waals surface area contributed by atoms with Crippen molar-refractivity contribution in [3.63, 3.8) is 0 Å². The van der Waals surface area contributed by atoms with Gasteiger partial charge < -0.3 is 10.6 Å². The number of rotatable bonds is 8. The molecule has 1 heterocycles. The first-order valence-corrected chi connectivity index (χ1v) is 11.9. The van der Waals surface area contributed by atoms with Gasteiger partial charge >= 0.3 is 0 Å². The number of fused-ring (bicyclic) bond motifs is 1. The van der Waals surface area contributed by atoms with Gasteiger partial charge in [-0.2, -0.15) is 0 Å². The lowest BCUT2D eigenvalue weighted by atomic mass is 10.0. The maximum Gasteiger partial charge on any atom is 0.243 e. The Kier molecular flexibility index (Phi) is 7.15. The van der Waals surface area contributed by atoms with Gasteiger partial charge in [-0.1, -0.05) is 86.6 Å². The van der Waals surface area contributed by atoms with Gasteiger partial charge in [0.05, 0.1) is 18.7 Å². The average Bonchev–Trinajstić information content (AvgIpc) is 3.30. The van der Waals surface area contributed by atoms with Crippen molar-refractivity contribution in [3.05, 3.63) is 88.7 Å². The van der Waals surface area contributed by atoms with Gasteiger partial charge in [0.25, 0.3) is 0 Å². The molecule has 1 atom stereocenters. The van der Waals surface area contributed by atoms with Crippen LogP contribution in [0.25, 0.3) is 22.0 Å². The molecule has 1 unspecified atom stereocenters. The van der Waals surface area contributed by atoms with Crippen LogP contribution in [0.4, 0.5) is 0 Å². The fraction of sp³-hybridized carbons (Fsp3) is 0.222. The van der Waals surface area contributed by atoms with E-state index >= 15 is 0 Å². The molecule has 6 heteroatoms. The summed E-state index contributed by atoms with van der Waals surface area (Å²) in [6.07, 6.45) is 0.230. The molecule has 0 bridgehead atoms. The van der Waals surface area contributed by atoms with Crippen LogP contribution in [0.5, 0.6) is 0 Å². The van der Waals surface area contributed by atoms with E-state index in [0.29, 0.717) is 6.54 Å². The van der Waals surface area contributed by atoms with Crippen molar-refractivity contribution < 1.29 is 9.59 Å². The van der Waals surface area contributed by atoms with Crippen LogP contribution in [-0.2, 0) is 22.6 Å². The lowest BCUT2D eigenvalue weighted by molar-refractivity contribution is -0.129. The minimum Gasteiger partial charge on any atom is -0.348 e. The largest absolute Gasteiger partial charge is 0.348 e. The summed E-state index contributed by atoms with van der Waals surface area (Å²) < 4.78 is 0. The smallest absolute Gasteiger partial charge is 0.243 e. The van der Waals surface area contributed by atoms with E-state index in [1.54, 1.807) is 0 Å². The summed E-state index contributed by atoms with van der Waals surface area (Å²) in [7, 11) is 0. The monoisotopic (exact) mass is 457 g/mol. The molecular weight excluding hydrogens is 430 g/mol. The Morgan fingerprint density at radius 1 is 0.939 bits per heavy atom. The average molecular weight is 458 g/mol. The number of amides is 2. The predicted octanol–water partition coefficient (Wildman–Crippen LogP) is 4.96. The molecule has 0 radical (unpaired) electrons. The summed E-state index contributed by atoms with van der Waals surface area (Å²) in [5.74, 6) is -0.408. The van der Waals surface area contributed by atoms with Crippen LogP contribution in [-0.4, -0.2) is 22.8 Å². The first kappa shape index (κ1) is 22.7. The normalized spacial score (nSPS) is 12.0. The summed E-state index contributed by atoms with van der Waals surface area (Å²) in [5.41, 5.74) is 2.87. The Bertz CT molecular complexity index is 1250. The summed E-state index contributed by atoms with van der Waals surface area (Å²) in [6.45, 7) is 4.19. The molecule has 0 spiro atoms. The molecule has 4 rings (SSSR count). The van der Waals surface area contributed by atoms with Gasteiger partial charge in [-0.15, -0.1) is 11.3 Å². The molecule has 0 saturated carbocycles. The standard InChI is InChI=1S/C27H27N3O2S/c1-18(2)26(30-24(31)15-19-12-13-20-8-6-7-11-22(20)14-19)27(32)28-16-25-29-23(17-33-25)21-9-4-3-5-10-21/h3-14,17-18,26H,15-16H2,1-2H3,(H,28,32)(H,30,31). The highest BCUT2D eigenvalue weighted by atomic mass is 32.1. The maximum absolute atomic E-state index is 12.8. The quantitative estimate of drug-likeness (QED) is 0.393. The van der Waals surface area contributed by atoms with Crippen LogP contribution >= 0.6 is 11.3 Å². The fourth-order valence-electron chi connectivity index (χ4n) is 3.70. The molecular formula is C27H27N3O2S. The molecule has 0 aliphatic heterocycles. The minimum absolute atomic E-state index is 0.0401. The molecule has 33 heavy (non-hydrogen) atoms. The van der Waals surface area contributed by atoms with Crippen molar-refractivity contribution in [1.82, 2.24) is 15.6 Å². The van der Waals surface area contributed by atoms with E-state index in [-0.39, 0.29) is 24.2 Å². The Morgan fingerprint density at radius 3 is 2.42 bits per heavy atom. The van der Waals surface area contributed by atoms with Crippen LogP contribution in [0.3, 0.4) is 0 Å². The number of carbonyl (C=O) groups is 2. The van der Waals surface area contributed by atoms with E-state index in [1.165, 1.54) is 11.3 Å². The summed E-state index contributed by atoms with van der Waals surface area (Å²) >= 11 is 1.51. The SMILES string of the molecule is CC(C)C(NC(=O)Cc1ccc2ccccc2c1)C(=O)NCc1nc(-c2ccccc2)cs1. The molecule has 2 amide bonds. The van der Waals surface area contributed by atoms with Gasteiger partial charge in [-0.05, 0) is 22.3 Å². The molecule has 168 valence electrons. The van der Waals surface area contributed by atoms with E-state index in [2.05, 4.69) is 15.6 Å². The number of thiazole rings is 1. The second kappa shape index (κ2) is 10.4. The Hall–Kier alpha value is -3.51. The van der Waals surface area contributed by atoms with Crippen molar-refractivity contribution in [3.8, 4) is 11.3 Å². The van der Waals surface area contributed by atoms with Crippen molar-refractivity contribution in [2.24, 2.45) is 5.92 Å². The second-order valence-electron chi connectivity index (χ2n) is 8.36. The second-order valence-corrected chi connectivity index (χ2v) is 9.30. The third kappa shape index (κ3) is 5.84. The molecule has 1 aromatic heterocycles. The Labute approximate surface area is 197 Å². The van der Waals surface area contributed by atoms with Crippen molar-refractivity contribution in [2.75, 3.05) is 0 Å². The van der Waals surface area contributed by atoms with Gasteiger partial charge in [0, 0.05) is 10.9 Å². The zero-order valence-electron chi connectivity index (χ0n) is 18.7. The topological polar surface area (TPSA) is 71.1 Å². The number of benzene rings is 3. The third-order valence-electron chi connectivity index (χ3n) is 5.48. The van der Waals surface area contributed by atoms with Crippen LogP contribution in [0.1, 0.15) is 24.4 Å². The fourth-order valence-corrected chi connectivity index (χ4v) is 4.44. The molecule has 0 aliphatic carbocycles. The van der Waals surface area contributed by atoms with Crippen LogP contribution in [0.2, 0.25) is 0 Å². The highest BCUT2D eigenvalue weighted by Gasteiger charge is 2.24. The van der Waals surface area contributed by atoms with E-state index < -0.39 is 6.04 Å². The number of hydrogen-bond acceptors (Lipinski definition) is 4. The first-order chi connectivity index (χ1) is 16.0. The molecule has 0 fully saturated rings. The van der Waals surface area contributed by atoms with E-state index in [1.807, 2.05) is 92.0 Å². The van der Waals surface area contributed by atoms with Gasteiger partial charge in [-0.3, -0.25) is 9.59 Å². The Balaban J connectivity index is 1.35. The van der Waals surface area contributed by atoms with Crippen LogP contribution < -0.4 is 10.6 Å². The zero-order chi connectivity index (χ0) is 23.2. The lowest BCUT2D eigenvalue weighted by Gasteiger charge is -2.21. The van der Waals surface area contributed by atoms with Crippen molar-refractivity contribution in [1.29, 1.82) is 0 Å². The Morgan fingerprint density at radius 2 is 1.67 bits per heavy atom. The molecule has 2 N–H and O–H groups in total. The number of carbonyl (C=O) groups excluding carboxylic acids is 2.